The molecule has 0 unspecified atom stereocenters. The smallest absolute Gasteiger partial charge is 0.170 e. The zero-order valence-electron chi connectivity index (χ0n) is 35.5. The van der Waals surface area contributed by atoms with Crippen molar-refractivity contribution in [3.05, 3.63) is 218 Å². The average Bonchev–Trinajstić information content (AvgIpc) is 3.91. The number of aromatic nitrogens is 4. The lowest BCUT2D eigenvalue weighted by atomic mass is 10.00. The van der Waals surface area contributed by atoms with E-state index in [4.69, 9.17) is 19.4 Å². The molecule has 0 bridgehead atoms. The maximum Gasteiger partial charge on any atom is 0.170 e. The van der Waals surface area contributed by atoms with E-state index >= 15 is 0 Å². The first-order valence-corrected chi connectivity index (χ1v) is 22.3. The van der Waals surface area contributed by atoms with Crippen LogP contribution in [0.15, 0.2) is 223 Å². The molecule has 0 amide bonds. The first kappa shape index (κ1) is 36.5. The van der Waals surface area contributed by atoms with Crippen LogP contribution in [0.3, 0.4) is 0 Å². The van der Waals surface area contributed by atoms with Crippen LogP contribution >= 0.6 is 0 Å². The van der Waals surface area contributed by atoms with E-state index < -0.39 is 0 Å². The van der Waals surface area contributed by atoms with Crippen LogP contribution in [0, 0.1) is 0 Å². The zero-order chi connectivity index (χ0) is 43.3. The highest BCUT2D eigenvalue weighted by atomic mass is 16.3. The highest BCUT2D eigenvalue weighted by Crippen LogP contribution is 2.44. The van der Waals surface area contributed by atoms with Gasteiger partial charge in [0, 0.05) is 32.7 Å². The second-order valence-corrected chi connectivity index (χ2v) is 17.2. The van der Waals surface area contributed by atoms with Crippen LogP contribution in [0.1, 0.15) is 0 Å². The normalized spacial score (nSPS) is 11.9. The molecule has 0 atom stereocenters. The number of benzene rings is 11. The van der Waals surface area contributed by atoms with E-state index in [-0.39, 0.29) is 0 Å². The van der Waals surface area contributed by atoms with Gasteiger partial charge in [-0.2, -0.15) is 0 Å². The van der Waals surface area contributed by atoms with E-state index in [9.17, 15) is 0 Å². The molecule has 0 spiro atoms. The van der Waals surface area contributed by atoms with Crippen LogP contribution in [0.5, 0.6) is 0 Å². The fourth-order valence-corrected chi connectivity index (χ4v) is 10.2. The number of fused-ring (bicyclic) bond motifs is 11. The van der Waals surface area contributed by atoms with Gasteiger partial charge in [0.15, 0.2) is 17.5 Å². The Morgan fingerprint density at radius 3 is 1.52 bits per heavy atom. The highest BCUT2D eigenvalue weighted by molar-refractivity contribution is 6.18. The lowest BCUT2D eigenvalue weighted by Gasteiger charge is -2.16. The van der Waals surface area contributed by atoms with Crippen LogP contribution in [-0.4, -0.2) is 19.5 Å². The quantitative estimate of drug-likeness (QED) is 0.162. The number of rotatable bonds is 5. The molecule has 14 aromatic rings. The Hall–Kier alpha value is -8.93. The third-order valence-corrected chi connectivity index (χ3v) is 13.4. The first-order chi connectivity index (χ1) is 32.7. The molecule has 0 radical (unpaired) electrons. The minimum atomic E-state index is 0.525. The lowest BCUT2D eigenvalue weighted by molar-refractivity contribution is 0.669. The molecule has 14 rings (SSSR count). The van der Waals surface area contributed by atoms with Gasteiger partial charge in [-0.15, -0.1) is 0 Å². The molecule has 3 heterocycles. The Bertz CT molecular complexity index is 4190. The van der Waals surface area contributed by atoms with Crippen molar-refractivity contribution < 1.29 is 4.42 Å². The maximum atomic E-state index is 6.98. The second kappa shape index (κ2) is 14.3. The van der Waals surface area contributed by atoms with E-state index in [1.54, 1.807) is 0 Å². The summed E-state index contributed by atoms with van der Waals surface area (Å²) >= 11 is 0. The average molecular weight is 841 g/mol. The van der Waals surface area contributed by atoms with Crippen molar-refractivity contribution in [2.45, 2.75) is 0 Å². The molecular formula is C61H36N4O. The van der Waals surface area contributed by atoms with Gasteiger partial charge in [0.1, 0.15) is 11.2 Å². The third-order valence-electron chi connectivity index (χ3n) is 13.4. The molecule has 0 fully saturated rings. The predicted octanol–water partition coefficient (Wildman–Crippen LogP) is 16.1. The van der Waals surface area contributed by atoms with E-state index in [2.05, 4.69) is 205 Å². The molecule has 0 saturated carbocycles. The summed E-state index contributed by atoms with van der Waals surface area (Å²) in [6.45, 7) is 0. The van der Waals surface area contributed by atoms with Gasteiger partial charge < -0.3 is 8.98 Å². The standard InChI is InChI=1S/C61H36N4O/c1-2-12-37(13-3-1)38-22-25-40(26-23-38)59-62-60(46-28-29-48-45(32-46)27-24-39-14-8-9-19-47(39)48)64-61(63-59)57-53(31-30-50-49-20-10-11-21-56(49)66-58(50)57)65-54-35-43-17-6-4-15-41(43)33-51(54)52-34-42-16-5-7-18-44(42)36-55(52)65/h1-36H. The van der Waals surface area contributed by atoms with Gasteiger partial charge >= 0.3 is 0 Å². The van der Waals surface area contributed by atoms with Crippen LogP contribution < -0.4 is 0 Å². The minimum absolute atomic E-state index is 0.525. The molecule has 3 aromatic heterocycles. The summed E-state index contributed by atoms with van der Waals surface area (Å²) < 4.78 is 9.38. The van der Waals surface area contributed by atoms with Crippen LogP contribution in [0.4, 0.5) is 0 Å². The Kier molecular flexibility index (Phi) is 7.91. The Morgan fingerprint density at radius 1 is 0.303 bits per heavy atom. The van der Waals surface area contributed by atoms with Gasteiger partial charge in [0.2, 0.25) is 0 Å². The fourth-order valence-electron chi connectivity index (χ4n) is 10.2. The van der Waals surface area contributed by atoms with Crippen molar-refractivity contribution >= 4 is 86.8 Å². The monoisotopic (exact) mass is 840 g/mol. The van der Waals surface area contributed by atoms with Crippen molar-refractivity contribution in [2.24, 2.45) is 0 Å². The van der Waals surface area contributed by atoms with E-state index in [1.807, 2.05) is 18.2 Å². The molecule has 0 aliphatic heterocycles. The minimum Gasteiger partial charge on any atom is -0.455 e. The number of para-hydroxylation sites is 1. The third kappa shape index (κ3) is 5.70. The van der Waals surface area contributed by atoms with Crippen molar-refractivity contribution in [3.63, 3.8) is 0 Å². The maximum absolute atomic E-state index is 6.98. The van der Waals surface area contributed by atoms with E-state index in [0.717, 1.165) is 82.6 Å². The number of furan rings is 1. The summed E-state index contributed by atoms with van der Waals surface area (Å²) in [5.74, 6) is 1.68. The van der Waals surface area contributed by atoms with Gasteiger partial charge in [-0.1, -0.05) is 170 Å². The molecule has 0 saturated heterocycles. The number of nitrogens with zero attached hydrogens (tertiary/aromatic N) is 4. The topological polar surface area (TPSA) is 56.7 Å². The van der Waals surface area contributed by atoms with Crippen LogP contribution in [0.25, 0.3) is 138 Å². The highest BCUT2D eigenvalue weighted by Gasteiger charge is 2.25. The summed E-state index contributed by atoms with van der Waals surface area (Å²) in [4.78, 5) is 16.2. The predicted molar refractivity (Wildman–Crippen MR) is 273 cm³/mol. The fraction of sp³-hybridized carbons (Fsp3) is 0. The van der Waals surface area contributed by atoms with Gasteiger partial charge in [0.05, 0.1) is 22.3 Å². The van der Waals surface area contributed by atoms with Crippen molar-refractivity contribution in [3.8, 4) is 51.0 Å². The molecule has 5 heteroatoms. The number of hydrogen-bond acceptors (Lipinski definition) is 4. The second-order valence-electron chi connectivity index (χ2n) is 17.2. The summed E-state index contributed by atoms with van der Waals surface area (Å²) in [5, 5.41) is 13.8. The zero-order valence-corrected chi connectivity index (χ0v) is 35.5. The van der Waals surface area contributed by atoms with Gasteiger partial charge in [-0.05, 0) is 103 Å². The van der Waals surface area contributed by atoms with Crippen molar-refractivity contribution in [1.29, 1.82) is 0 Å². The molecule has 11 aromatic carbocycles. The van der Waals surface area contributed by atoms with Gasteiger partial charge in [0.25, 0.3) is 0 Å². The Morgan fingerprint density at radius 2 is 0.803 bits per heavy atom. The molecule has 0 aliphatic carbocycles. The Balaban J connectivity index is 1.08. The van der Waals surface area contributed by atoms with Gasteiger partial charge in [-0.25, -0.2) is 15.0 Å². The molecule has 5 nitrogen and oxygen atoms in total. The van der Waals surface area contributed by atoms with Crippen molar-refractivity contribution in [2.75, 3.05) is 0 Å². The molecule has 306 valence electrons. The SMILES string of the molecule is c1ccc(-c2ccc(-c3nc(-c4ccc5c(ccc6ccccc65)c4)nc(-c4c(-n5c6cc7ccccc7cc6c6cc7ccccc7cc65)ccc5c4oc4ccccc45)n3)cc2)cc1. The summed E-state index contributed by atoms with van der Waals surface area (Å²) in [6.07, 6.45) is 0. The Labute approximate surface area is 378 Å². The molecule has 66 heavy (non-hydrogen) atoms. The van der Waals surface area contributed by atoms with Crippen LogP contribution in [-0.2, 0) is 0 Å². The molecular weight excluding hydrogens is 805 g/mol. The molecule has 0 aliphatic rings. The first-order valence-electron chi connectivity index (χ1n) is 22.3. The van der Waals surface area contributed by atoms with E-state index in [0.29, 0.717) is 17.5 Å². The largest absolute Gasteiger partial charge is 0.455 e. The van der Waals surface area contributed by atoms with Crippen LogP contribution in [0.2, 0.25) is 0 Å². The number of hydrogen-bond donors (Lipinski definition) is 0. The molecule has 0 N–H and O–H groups in total. The van der Waals surface area contributed by atoms with Crippen molar-refractivity contribution in [1.82, 2.24) is 19.5 Å². The van der Waals surface area contributed by atoms with Gasteiger partial charge in [-0.3, -0.25) is 0 Å². The summed E-state index contributed by atoms with van der Waals surface area (Å²) in [6, 6.07) is 77.6. The summed E-state index contributed by atoms with van der Waals surface area (Å²) in [5.41, 5.74) is 9.47. The lowest BCUT2D eigenvalue weighted by Crippen LogP contribution is -2.04. The van der Waals surface area contributed by atoms with E-state index in [1.165, 1.54) is 37.7 Å². The summed E-state index contributed by atoms with van der Waals surface area (Å²) in [7, 11) is 0.